The van der Waals surface area contributed by atoms with Crippen molar-refractivity contribution < 1.29 is 4.79 Å². The zero-order chi connectivity index (χ0) is 12.0. The van der Waals surface area contributed by atoms with Crippen molar-refractivity contribution in [1.82, 2.24) is 4.90 Å². The van der Waals surface area contributed by atoms with E-state index in [0.29, 0.717) is 24.2 Å². The lowest BCUT2D eigenvalue weighted by Gasteiger charge is -2.23. The van der Waals surface area contributed by atoms with Crippen molar-refractivity contribution in [2.45, 2.75) is 46.0 Å². The normalized spacial score (nSPS) is 22.8. The molecular formula is C13H25NOS. The molecule has 0 bridgehead atoms. The highest BCUT2D eigenvalue weighted by molar-refractivity contribution is 7.80. The Hall–Kier alpha value is -0.180. The third-order valence-electron chi connectivity index (χ3n) is 3.57. The van der Waals surface area contributed by atoms with Gasteiger partial charge >= 0.3 is 0 Å². The van der Waals surface area contributed by atoms with Crippen LogP contribution in [0.1, 0.15) is 46.0 Å². The molecule has 0 radical (unpaired) electrons. The van der Waals surface area contributed by atoms with Gasteiger partial charge in [-0.1, -0.05) is 33.1 Å². The van der Waals surface area contributed by atoms with Crippen molar-refractivity contribution in [2.75, 3.05) is 18.8 Å². The molecule has 2 nitrogen and oxygen atoms in total. The van der Waals surface area contributed by atoms with Crippen LogP contribution in [0.3, 0.4) is 0 Å². The molecule has 1 saturated heterocycles. The maximum Gasteiger partial charge on any atom is 0.222 e. The molecule has 0 aromatic heterocycles. The molecule has 1 heterocycles. The van der Waals surface area contributed by atoms with Crippen LogP contribution in [0.2, 0.25) is 0 Å². The fourth-order valence-electron chi connectivity index (χ4n) is 2.38. The number of rotatable bonds is 7. The van der Waals surface area contributed by atoms with Crippen molar-refractivity contribution in [1.29, 1.82) is 0 Å². The first-order valence-corrected chi connectivity index (χ1v) is 7.23. The number of amides is 1. The van der Waals surface area contributed by atoms with E-state index in [-0.39, 0.29) is 0 Å². The van der Waals surface area contributed by atoms with Crippen LogP contribution in [0.4, 0.5) is 0 Å². The minimum absolute atomic E-state index is 0.342. The molecule has 1 fully saturated rings. The summed E-state index contributed by atoms with van der Waals surface area (Å²) >= 11 is 4.29. The van der Waals surface area contributed by atoms with Crippen molar-refractivity contribution in [3.8, 4) is 0 Å². The molecule has 3 heteroatoms. The molecule has 1 amide bonds. The maximum absolute atomic E-state index is 11.8. The van der Waals surface area contributed by atoms with Gasteiger partial charge in [0.05, 0.1) is 0 Å². The molecule has 16 heavy (non-hydrogen) atoms. The largest absolute Gasteiger partial charge is 0.342 e. The fraction of sp³-hybridized carbons (Fsp3) is 0.923. The number of carbonyl (C=O) groups is 1. The first-order chi connectivity index (χ1) is 7.71. The highest BCUT2D eigenvalue weighted by atomic mass is 32.1. The van der Waals surface area contributed by atoms with E-state index < -0.39 is 0 Å². The molecule has 2 unspecified atom stereocenters. The number of thiol groups is 1. The van der Waals surface area contributed by atoms with Gasteiger partial charge in [-0.3, -0.25) is 4.79 Å². The standard InChI is InChI=1S/C13H25NOS/c1-3-5-6-11(4-2)8-14-9-12(10-16)7-13(14)15/h11-12,16H,3-10H2,1-2H3. The van der Waals surface area contributed by atoms with Crippen LogP contribution in [-0.2, 0) is 4.79 Å². The summed E-state index contributed by atoms with van der Waals surface area (Å²) in [5.41, 5.74) is 0. The van der Waals surface area contributed by atoms with E-state index in [9.17, 15) is 4.79 Å². The Morgan fingerprint density at radius 3 is 2.75 bits per heavy atom. The van der Waals surface area contributed by atoms with Crippen molar-refractivity contribution >= 4 is 18.5 Å². The number of carbonyl (C=O) groups excluding carboxylic acids is 1. The van der Waals surface area contributed by atoms with Gasteiger partial charge in [-0.2, -0.15) is 12.6 Å². The summed E-state index contributed by atoms with van der Waals surface area (Å²) in [5.74, 6) is 2.37. The van der Waals surface area contributed by atoms with E-state index in [1.807, 2.05) is 0 Å². The third-order valence-corrected chi connectivity index (χ3v) is 4.09. The summed E-state index contributed by atoms with van der Waals surface area (Å²) in [6.07, 6.45) is 5.71. The lowest BCUT2D eigenvalue weighted by atomic mass is 9.99. The zero-order valence-corrected chi connectivity index (χ0v) is 11.5. The summed E-state index contributed by atoms with van der Waals surface area (Å²) in [6.45, 7) is 6.37. The molecule has 0 spiro atoms. The number of likely N-dealkylation sites (tertiary alicyclic amines) is 1. The summed E-state index contributed by atoms with van der Waals surface area (Å²) in [5, 5.41) is 0. The van der Waals surface area contributed by atoms with Crippen LogP contribution in [0.25, 0.3) is 0 Å². The molecule has 0 aromatic rings. The van der Waals surface area contributed by atoms with E-state index in [4.69, 9.17) is 0 Å². The monoisotopic (exact) mass is 243 g/mol. The minimum Gasteiger partial charge on any atom is -0.342 e. The smallest absolute Gasteiger partial charge is 0.222 e. The second-order valence-electron chi connectivity index (χ2n) is 4.97. The second kappa shape index (κ2) is 7.21. The highest BCUT2D eigenvalue weighted by Gasteiger charge is 2.29. The number of nitrogens with zero attached hydrogens (tertiary/aromatic N) is 1. The average Bonchev–Trinajstić information content (AvgIpc) is 2.65. The molecular weight excluding hydrogens is 218 g/mol. The molecule has 1 aliphatic heterocycles. The minimum atomic E-state index is 0.342. The van der Waals surface area contributed by atoms with Crippen LogP contribution in [-0.4, -0.2) is 29.6 Å². The fourth-order valence-corrected chi connectivity index (χ4v) is 2.63. The predicted molar refractivity (Wildman–Crippen MR) is 71.8 cm³/mol. The number of hydrogen-bond donors (Lipinski definition) is 1. The van der Waals surface area contributed by atoms with E-state index in [1.54, 1.807) is 0 Å². The summed E-state index contributed by atoms with van der Waals surface area (Å²) in [4.78, 5) is 13.8. The van der Waals surface area contributed by atoms with E-state index in [0.717, 1.165) is 18.8 Å². The van der Waals surface area contributed by atoms with E-state index in [1.165, 1.54) is 25.7 Å². The van der Waals surface area contributed by atoms with Crippen LogP contribution in [0.15, 0.2) is 0 Å². The van der Waals surface area contributed by atoms with Crippen LogP contribution < -0.4 is 0 Å². The van der Waals surface area contributed by atoms with Gasteiger partial charge in [0, 0.05) is 19.5 Å². The Morgan fingerprint density at radius 1 is 1.50 bits per heavy atom. The average molecular weight is 243 g/mol. The summed E-state index contributed by atoms with van der Waals surface area (Å²) in [7, 11) is 0. The van der Waals surface area contributed by atoms with Crippen molar-refractivity contribution in [3.63, 3.8) is 0 Å². The Balaban J connectivity index is 2.36. The Labute approximate surface area is 105 Å². The van der Waals surface area contributed by atoms with Crippen molar-refractivity contribution in [3.05, 3.63) is 0 Å². The van der Waals surface area contributed by atoms with Gasteiger partial charge < -0.3 is 4.90 Å². The van der Waals surface area contributed by atoms with Gasteiger partial charge in [-0.25, -0.2) is 0 Å². The van der Waals surface area contributed by atoms with Gasteiger partial charge in [-0.05, 0) is 24.0 Å². The van der Waals surface area contributed by atoms with Crippen LogP contribution in [0.5, 0.6) is 0 Å². The predicted octanol–water partition coefficient (Wildman–Crippen LogP) is 2.98. The molecule has 0 aromatic carbocycles. The lowest BCUT2D eigenvalue weighted by molar-refractivity contribution is -0.128. The Bertz CT molecular complexity index is 220. The SMILES string of the molecule is CCCCC(CC)CN1CC(CS)CC1=O. The molecule has 0 N–H and O–H groups in total. The second-order valence-corrected chi connectivity index (χ2v) is 5.33. The van der Waals surface area contributed by atoms with Gasteiger partial charge in [-0.15, -0.1) is 0 Å². The Morgan fingerprint density at radius 2 is 2.25 bits per heavy atom. The van der Waals surface area contributed by atoms with Gasteiger partial charge in [0.2, 0.25) is 5.91 Å². The quantitative estimate of drug-likeness (QED) is 0.682. The highest BCUT2D eigenvalue weighted by Crippen LogP contribution is 2.22. The van der Waals surface area contributed by atoms with E-state index >= 15 is 0 Å². The molecule has 1 aliphatic rings. The molecule has 1 rings (SSSR count). The topological polar surface area (TPSA) is 20.3 Å². The Kier molecular flexibility index (Phi) is 6.25. The number of unbranched alkanes of at least 4 members (excludes halogenated alkanes) is 1. The summed E-state index contributed by atoms with van der Waals surface area (Å²) < 4.78 is 0. The van der Waals surface area contributed by atoms with Gasteiger partial charge in [0.15, 0.2) is 0 Å². The maximum atomic E-state index is 11.8. The molecule has 2 atom stereocenters. The van der Waals surface area contributed by atoms with E-state index in [2.05, 4.69) is 31.4 Å². The molecule has 0 aliphatic carbocycles. The summed E-state index contributed by atoms with van der Waals surface area (Å²) in [6, 6.07) is 0. The number of hydrogen-bond acceptors (Lipinski definition) is 2. The zero-order valence-electron chi connectivity index (χ0n) is 10.6. The molecule has 0 saturated carbocycles. The van der Waals surface area contributed by atoms with Gasteiger partial charge in [0.25, 0.3) is 0 Å². The third kappa shape index (κ3) is 4.00. The molecule has 94 valence electrons. The first-order valence-electron chi connectivity index (χ1n) is 6.59. The van der Waals surface area contributed by atoms with Crippen LogP contribution in [0, 0.1) is 11.8 Å². The first kappa shape index (κ1) is 13.9. The van der Waals surface area contributed by atoms with Crippen molar-refractivity contribution in [2.24, 2.45) is 11.8 Å². The van der Waals surface area contributed by atoms with Crippen LogP contribution >= 0.6 is 12.6 Å². The lowest BCUT2D eigenvalue weighted by Crippen LogP contribution is -2.31. The van der Waals surface area contributed by atoms with Gasteiger partial charge in [0.1, 0.15) is 0 Å².